The molecule has 0 bridgehead atoms. The summed E-state index contributed by atoms with van der Waals surface area (Å²) < 4.78 is 11.3. The normalized spacial score (nSPS) is 15.2. The van der Waals surface area contributed by atoms with Crippen LogP contribution in [0.3, 0.4) is 0 Å². The number of piperidine rings is 1. The Balaban J connectivity index is 1.15. The van der Waals surface area contributed by atoms with Crippen LogP contribution >= 0.6 is 0 Å². The summed E-state index contributed by atoms with van der Waals surface area (Å²) >= 11 is 0. The lowest BCUT2D eigenvalue weighted by Gasteiger charge is -2.32. The third kappa shape index (κ3) is 5.51. The third-order valence-electron chi connectivity index (χ3n) is 6.80. The van der Waals surface area contributed by atoms with Gasteiger partial charge in [-0.1, -0.05) is 17.7 Å². The monoisotopic (exact) mass is 485 g/mol. The van der Waals surface area contributed by atoms with E-state index in [1.807, 2.05) is 61.2 Å². The number of carbonyl (C=O) groups excluding carboxylic acids is 2. The second kappa shape index (κ2) is 10.4. The molecule has 1 N–H and O–H groups in total. The number of oxazole rings is 1. The van der Waals surface area contributed by atoms with Gasteiger partial charge in [0.15, 0.2) is 5.58 Å². The minimum absolute atomic E-state index is 0.00763. The molecule has 2 amide bonds. The van der Waals surface area contributed by atoms with Crippen LogP contribution in [0.4, 0.5) is 0 Å². The van der Waals surface area contributed by atoms with E-state index in [1.165, 1.54) is 5.56 Å². The number of hydrogen-bond acceptors (Lipinski definition) is 5. The lowest BCUT2D eigenvalue weighted by molar-refractivity contribution is -0.122. The van der Waals surface area contributed by atoms with Gasteiger partial charge in [-0.3, -0.25) is 9.59 Å². The minimum atomic E-state index is -0.00763. The first-order valence-corrected chi connectivity index (χ1v) is 12.5. The maximum atomic E-state index is 13.2. The van der Waals surface area contributed by atoms with Crippen molar-refractivity contribution in [2.24, 2.45) is 5.92 Å². The summed E-state index contributed by atoms with van der Waals surface area (Å²) in [4.78, 5) is 32.1. The molecular formula is C29H31N3O4. The van der Waals surface area contributed by atoms with E-state index < -0.39 is 0 Å². The molecule has 4 aromatic rings. The molecule has 0 aliphatic carbocycles. The van der Waals surface area contributed by atoms with E-state index >= 15 is 0 Å². The summed E-state index contributed by atoms with van der Waals surface area (Å²) in [6.45, 7) is 5.31. The molecule has 2 aromatic carbocycles. The van der Waals surface area contributed by atoms with E-state index in [0.29, 0.717) is 48.5 Å². The van der Waals surface area contributed by atoms with Crippen LogP contribution in [0.15, 0.2) is 69.7 Å². The molecule has 1 aliphatic heterocycles. The predicted molar refractivity (Wildman–Crippen MR) is 137 cm³/mol. The Labute approximate surface area is 210 Å². The summed E-state index contributed by atoms with van der Waals surface area (Å²) in [7, 11) is 0. The van der Waals surface area contributed by atoms with Crippen molar-refractivity contribution in [2.75, 3.05) is 13.1 Å². The molecule has 0 spiro atoms. The van der Waals surface area contributed by atoms with Crippen LogP contribution in [-0.2, 0) is 11.2 Å². The number of hydrogen-bond donors (Lipinski definition) is 1. The van der Waals surface area contributed by atoms with Crippen LogP contribution in [0.1, 0.15) is 47.9 Å². The molecule has 0 unspecified atom stereocenters. The fraction of sp³-hybridized carbons (Fsp3) is 0.345. The third-order valence-corrected chi connectivity index (χ3v) is 6.80. The first-order chi connectivity index (χ1) is 17.4. The summed E-state index contributed by atoms with van der Waals surface area (Å²) in [6.07, 6.45) is 4.43. The number of nitrogens with one attached hydrogen (secondary N) is 1. The van der Waals surface area contributed by atoms with Crippen LogP contribution in [0.25, 0.3) is 22.6 Å². The second-order valence-corrected chi connectivity index (χ2v) is 9.76. The smallest absolute Gasteiger partial charge is 0.253 e. The Bertz CT molecular complexity index is 1330. The highest BCUT2D eigenvalue weighted by Gasteiger charge is 2.26. The number of likely N-dealkylation sites (tertiary alicyclic amines) is 1. The number of rotatable bonds is 7. The van der Waals surface area contributed by atoms with Crippen molar-refractivity contribution in [1.29, 1.82) is 0 Å². The van der Waals surface area contributed by atoms with E-state index in [4.69, 9.17) is 8.83 Å². The van der Waals surface area contributed by atoms with Crippen molar-refractivity contribution in [2.45, 2.75) is 45.6 Å². The molecule has 186 valence electrons. The van der Waals surface area contributed by atoms with Crippen molar-refractivity contribution < 1.29 is 18.4 Å². The summed E-state index contributed by atoms with van der Waals surface area (Å²) in [5, 5.41) is 3.06. The Morgan fingerprint density at radius 2 is 1.89 bits per heavy atom. The summed E-state index contributed by atoms with van der Waals surface area (Å²) in [5.74, 6) is 1.74. The predicted octanol–water partition coefficient (Wildman–Crippen LogP) is 5.39. The number of aromatic nitrogens is 1. The molecule has 1 atom stereocenters. The number of benzene rings is 2. The Morgan fingerprint density at radius 3 is 2.61 bits per heavy atom. The van der Waals surface area contributed by atoms with Gasteiger partial charge in [-0.2, -0.15) is 0 Å². The van der Waals surface area contributed by atoms with Gasteiger partial charge in [-0.15, -0.1) is 0 Å². The average Bonchev–Trinajstić information content (AvgIpc) is 3.53. The molecule has 2 aromatic heterocycles. The zero-order valence-electron chi connectivity index (χ0n) is 20.7. The van der Waals surface area contributed by atoms with Crippen molar-refractivity contribution in [3.05, 3.63) is 77.7 Å². The van der Waals surface area contributed by atoms with Crippen molar-refractivity contribution in [1.82, 2.24) is 15.2 Å². The maximum absolute atomic E-state index is 13.2. The molecule has 1 saturated heterocycles. The number of furan rings is 1. The first-order valence-electron chi connectivity index (χ1n) is 12.5. The highest BCUT2D eigenvalue weighted by molar-refractivity contribution is 5.97. The molecule has 7 nitrogen and oxygen atoms in total. The van der Waals surface area contributed by atoms with Crippen LogP contribution in [0, 0.1) is 12.8 Å². The second-order valence-electron chi connectivity index (χ2n) is 9.76. The summed E-state index contributed by atoms with van der Waals surface area (Å²) in [6, 6.07) is 17.2. The maximum Gasteiger partial charge on any atom is 0.253 e. The van der Waals surface area contributed by atoms with E-state index in [2.05, 4.69) is 10.3 Å². The van der Waals surface area contributed by atoms with Gasteiger partial charge in [0, 0.05) is 43.1 Å². The number of fused-ring (bicyclic) bond motifs is 1. The molecule has 0 saturated carbocycles. The molecule has 1 aliphatic rings. The number of aryl methyl sites for hydroxylation is 1. The van der Waals surface area contributed by atoms with Crippen molar-refractivity contribution >= 4 is 22.9 Å². The highest BCUT2D eigenvalue weighted by atomic mass is 16.3. The molecule has 0 radical (unpaired) electrons. The van der Waals surface area contributed by atoms with Gasteiger partial charge in [-0.25, -0.2) is 4.98 Å². The van der Waals surface area contributed by atoms with Gasteiger partial charge in [0.1, 0.15) is 11.3 Å². The quantitative estimate of drug-likeness (QED) is 0.379. The van der Waals surface area contributed by atoms with Crippen LogP contribution in [0.2, 0.25) is 0 Å². The van der Waals surface area contributed by atoms with Crippen LogP contribution in [-0.4, -0.2) is 40.8 Å². The zero-order chi connectivity index (χ0) is 25.1. The molecule has 1 fully saturated rings. The Hall–Kier alpha value is -3.87. The van der Waals surface area contributed by atoms with E-state index in [9.17, 15) is 9.59 Å². The van der Waals surface area contributed by atoms with Gasteiger partial charge in [0.25, 0.3) is 5.91 Å². The summed E-state index contributed by atoms with van der Waals surface area (Å²) in [5.41, 5.74) is 4.02. The Kier molecular flexibility index (Phi) is 6.89. The molecule has 7 heteroatoms. The van der Waals surface area contributed by atoms with Crippen LogP contribution < -0.4 is 5.32 Å². The average molecular weight is 486 g/mol. The van der Waals surface area contributed by atoms with Crippen LogP contribution in [0.5, 0.6) is 0 Å². The highest BCUT2D eigenvalue weighted by Crippen LogP contribution is 2.27. The minimum Gasteiger partial charge on any atom is -0.469 e. The SMILES string of the molecule is Cc1ccc(-c2nc3cc(C(=O)N4CCC(CC(=O)N[C@H](C)Cc5ccco5)CC4)ccc3o2)cc1. The standard InChI is InChI=1S/C29H31N3O4/c1-19-5-7-22(8-6-19)28-31-25-18-23(9-10-26(25)36-28)29(34)32-13-11-21(12-14-32)17-27(33)30-20(2)16-24-4-3-15-35-24/h3-10,15,18,20-21H,11-14,16-17H2,1-2H3,(H,30,33)/t20-/m1/s1. The first kappa shape index (κ1) is 23.9. The van der Waals surface area contributed by atoms with Gasteiger partial charge < -0.3 is 19.1 Å². The van der Waals surface area contributed by atoms with Gasteiger partial charge in [0.05, 0.1) is 6.26 Å². The lowest BCUT2D eigenvalue weighted by atomic mass is 9.92. The van der Waals surface area contributed by atoms with Crippen molar-refractivity contribution in [3.8, 4) is 11.5 Å². The molecule has 3 heterocycles. The number of nitrogens with zero attached hydrogens (tertiary/aromatic N) is 2. The zero-order valence-corrected chi connectivity index (χ0v) is 20.7. The number of carbonyl (C=O) groups is 2. The largest absolute Gasteiger partial charge is 0.469 e. The fourth-order valence-electron chi connectivity index (χ4n) is 4.78. The van der Waals surface area contributed by atoms with Gasteiger partial charge >= 0.3 is 0 Å². The number of amides is 2. The molecular weight excluding hydrogens is 454 g/mol. The molecule has 5 rings (SSSR count). The fourth-order valence-corrected chi connectivity index (χ4v) is 4.78. The van der Waals surface area contributed by atoms with Crippen molar-refractivity contribution in [3.63, 3.8) is 0 Å². The van der Waals surface area contributed by atoms with Gasteiger partial charge in [-0.05, 0) is 75.1 Å². The topological polar surface area (TPSA) is 88.6 Å². The van der Waals surface area contributed by atoms with Gasteiger partial charge in [0.2, 0.25) is 11.8 Å². The van der Waals surface area contributed by atoms with E-state index in [1.54, 1.807) is 18.4 Å². The Morgan fingerprint density at radius 1 is 1.11 bits per heavy atom. The lowest BCUT2D eigenvalue weighted by Crippen LogP contribution is -2.40. The molecule has 36 heavy (non-hydrogen) atoms. The van der Waals surface area contributed by atoms with E-state index in [-0.39, 0.29) is 23.8 Å². The van der Waals surface area contributed by atoms with E-state index in [0.717, 1.165) is 24.2 Å².